The molecule has 0 radical (unpaired) electrons. The van der Waals surface area contributed by atoms with Crippen LogP contribution in [-0.2, 0) is 19.6 Å². The second-order valence-electron chi connectivity index (χ2n) is 4.46. The molecule has 0 heterocycles. The highest BCUT2D eigenvalue weighted by Gasteiger charge is 2.18. The van der Waals surface area contributed by atoms with Crippen LogP contribution in [0.25, 0.3) is 0 Å². The highest BCUT2D eigenvalue weighted by Crippen LogP contribution is 2.08. The number of sulfonamides is 1. The van der Waals surface area contributed by atoms with E-state index >= 15 is 0 Å². The monoisotopic (exact) mass is 352 g/mol. The highest BCUT2D eigenvalue weighted by atomic mass is 32.2. The maximum Gasteiger partial charge on any atom is 0.329 e. The molecule has 0 saturated carbocycles. The van der Waals surface area contributed by atoms with Crippen molar-refractivity contribution in [2.24, 2.45) is 0 Å². The first-order valence-corrected chi connectivity index (χ1v) is 8.05. The zero-order valence-electron chi connectivity index (χ0n) is 12.1. The number of hydrazine groups is 2. The average molecular weight is 352 g/mol. The van der Waals surface area contributed by atoms with Crippen LogP contribution in [0.4, 0.5) is 10.1 Å². The SMILES string of the molecule is O=C(NNc1ccccc1)C(=O)NNS(=O)(=O)c1ccc(F)cc1. The Morgan fingerprint density at radius 3 is 2.04 bits per heavy atom. The first kappa shape index (κ1) is 17.4. The predicted molar refractivity (Wildman–Crippen MR) is 83.1 cm³/mol. The van der Waals surface area contributed by atoms with Crippen molar-refractivity contribution in [3.8, 4) is 0 Å². The minimum atomic E-state index is -4.12. The molecular weight excluding hydrogens is 339 g/mol. The van der Waals surface area contributed by atoms with Gasteiger partial charge in [0.2, 0.25) is 0 Å². The molecule has 0 aliphatic carbocycles. The van der Waals surface area contributed by atoms with Gasteiger partial charge in [-0.3, -0.25) is 25.9 Å². The smallest absolute Gasteiger partial charge is 0.298 e. The van der Waals surface area contributed by atoms with Gasteiger partial charge in [-0.25, -0.2) is 12.8 Å². The summed E-state index contributed by atoms with van der Waals surface area (Å²) in [5.41, 5.74) is 6.86. The summed E-state index contributed by atoms with van der Waals surface area (Å²) in [7, 11) is -4.12. The van der Waals surface area contributed by atoms with Crippen molar-refractivity contribution >= 4 is 27.5 Å². The van der Waals surface area contributed by atoms with Crippen LogP contribution < -0.4 is 21.1 Å². The Hall–Kier alpha value is -2.98. The minimum absolute atomic E-state index is 0.271. The molecule has 8 nitrogen and oxygen atoms in total. The number of halogens is 1. The van der Waals surface area contributed by atoms with Crippen molar-refractivity contribution in [2.75, 3.05) is 5.43 Å². The number of para-hydroxylation sites is 1. The Bertz CT molecular complexity index is 826. The fourth-order valence-electron chi connectivity index (χ4n) is 1.55. The molecule has 0 aliphatic rings. The van der Waals surface area contributed by atoms with Gasteiger partial charge in [-0.05, 0) is 36.4 Å². The summed E-state index contributed by atoms with van der Waals surface area (Å²) in [5, 5.41) is 0. The number of amides is 2. The van der Waals surface area contributed by atoms with E-state index in [-0.39, 0.29) is 4.90 Å². The van der Waals surface area contributed by atoms with Gasteiger partial charge in [-0.15, -0.1) is 4.83 Å². The molecule has 4 N–H and O–H groups in total. The van der Waals surface area contributed by atoms with Gasteiger partial charge in [-0.2, -0.15) is 0 Å². The number of nitrogens with one attached hydrogen (secondary N) is 4. The van der Waals surface area contributed by atoms with E-state index in [9.17, 15) is 22.4 Å². The molecule has 0 fully saturated rings. The summed E-state index contributed by atoms with van der Waals surface area (Å²) >= 11 is 0. The number of benzene rings is 2. The summed E-state index contributed by atoms with van der Waals surface area (Å²) in [4.78, 5) is 24.6. The van der Waals surface area contributed by atoms with Crippen molar-refractivity contribution in [1.29, 1.82) is 0 Å². The number of carbonyl (C=O) groups excluding carboxylic acids is 2. The fraction of sp³-hybridized carbons (Fsp3) is 0. The Labute approximate surface area is 137 Å². The lowest BCUT2D eigenvalue weighted by Crippen LogP contribution is -2.49. The van der Waals surface area contributed by atoms with Gasteiger partial charge < -0.3 is 0 Å². The zero-order valence-corrected chi connectivity index (χ0v) is 12.9. The average Bonchev–Trinajstić information content (AvgIpc) is 2.59. The van der Waals surface area contributed by atoms with E-state index in [2.05, 4.69) is 10.9 Å². The van der Waals surface area contributed by atoms with Crippen LogP contribution >= 0.6 is 0 Å². The van der Waals surface area contributed by atoms with Crippen LogP contribution in [-0.4, -0.2) is 20.2 Å². The van der Waals surface area contributed by atoms with Gasteiger partial charge in [0.15, 0.2) is 0 Å². The third kappa shape index (κ3) is 4.76. The molecule has 0 atom stereocenters. The Balaban J connectivity index is 1.87. The molecule has 0 saturated heterocycles. The molecule has 0 bridgehead atoms. The molecule has 0 spiro atoms. The lowest BCUT2D eigenvalue weighted by Gasteiger charge is -2.10. The molecule has 24 heavy (non-hydrogen) atoms. The van der Waals surface area contributed by atoms with E-state index in [1.54, 1.807) is 40.6 Å². The van der Waals surface area contributed by atoms with E-state index in [1.165, 1.54) is 0 Å². The summed E-state index contributed by atoms with van der Waals surface area (Å²) in [5.74, 6) is -2.95. The third-order valence-corrected chi connectivity index (χ3v) is 3.99. The van der Waals surface area contributed by atoms with Crippen molar-refractivity contribution in [3.63, 3.8) is 0 Å². The normalized spacial score (nSPS) is 10.7. The maximum atomic E-state index is 12.8. The molecular formula is C14H13FN4O4S. The molecule has 126 valence electrons. The zero-order chi connectivity index (χ0) is 17.6. The van der Waals surface area contributed by atoms with Gasteiger partial charge >= 0.3 is 11.8 Å². The first-order valence-electron chi connectivity index (χ1n) is 6.57. The van der Waals surface area contributed by atoms with Crippen molar-refractivity contribution in [3.05, 3.63) is 60.4 Å². The van der Waals surface area contributed by atoms with E-state index in [0.717, 1.165) is 24.3 Å². The van der Waals surface area contributed by atoms with Crippen molar-refractivity contribution < 1.29 is 22.4 Å². The van der Waals surface area contributed by atoms with Crippen LogP contribution in [0.1, 0.15) is 0 Å². The summed E-state index contributed by atoms with van der Waals surface area (Å²) in [6, 6.07) is 12.4. The largest absolute Gasteiger partial charge is 0.329 e. The van der Waals surface area contributed by atoms with Crippen LogP contribution in [0.3, 0.4) is 0 Å². The standard InChI is InChI=1S/C14H13FN4O4S/c15-10-6-8-12(9-7-10)24(22,23)19-18-14(21)13(20)17-16-11-4-2-1-3-5-11/h1-9,16,19H,(H,17,20)(H,18,21). The predicted octanol–water partition coefficient (Wildman–Crippen LogP) is 0.278. The Morgan fingerprint density at radius 1 is 0.833 bits per heavy atom. The van der Waals surface area contributed by atoms with E-state index in [1.807, 2.05) is 0 Å². The van der Waals surface area contributed by atoms with Gasteiger partial charge in [0.25, 0.3) is 10.0 Å². The number of hydrogen-bond donors (Lipinski definition) is 4. The van der Waals surface area contributed by atoms with Crippen LogP contribution in [0, 0.1) is 5.82 Å². The number of hydrogen-bond acceptors (Lipinski definition) is 5. The lowest BCUT2D eigenvalue weighted by molar-refractivity contribution is -0.139. The molecule has 0 aliphatic heterocycles. The van der Waals surface area contributed by atoms with Crippen LogP contribution in [0.5, 0.6) is 0 Å². The lowest BCUT2D eigenvalue weighted by atomic mass is 10.3. The molecule has 2 rings (SSSR count). The third-order valence-electron chi connectivity index (χ3n) is 2.72. The van der Waals surface area contributed by atoms with Gasteiger partial charge in [0, 0.05) is 0 Å². The quantitative estimate of drug-likeness (QED) is 0.456. The molecule has 0 unspecified atom stereocenters. The number of rotatable bonds is 5. The summed E-state index contributed by atoms with van der Waals surface area (Å²) in [6.45, 7) is 0. The van der Waals surface area contributed by atoms with E-state index in [0.29, 0.717) is 5.69 Å². The highest BCUT2D eigenvalue weighted by molar-refractivity contribution is 7.89. The van der Waals surface area contributed by atoms with E-state index < -0.39 is 27.7 Å². The minimum Gasteiger partial charge on any atom is -0.298 e. The van der Waals surface area contributed by atoms with E-state index in [4.69, 9.17) is 0 Å². The second-order valence-corrected chi connectivity index (χ2v) is 6.14. The van der Waals surface area contributed by atoms with Crippen LogP contribution in [0.2, 0.25) is 0 Å². The van der Waals surface area contributed by atoms with Crippen molar-refractivity contribution in [1.82, 2.24) is 15.7 Å². The fourth-order valence-corrected chi connectivity index (χ4v) is 2.39. The molecule has 2 aromatic rings. The molecule has 2 aromatic carbocycles. The van der Waals surface area contributed by atoms with Crippen LogP contribution in [0.15, 0.2) is 59.5 Å². The summed E-state index contributed by atoms with van der Waals surface area (Å²) in [6.07, 6.45) is 0. The van der Waals surface area contributed by atoms with Gasteiger partial charge in [-0.1, -0.05) is 18.2 Å². The molecule has 10 heteroatoms. The molecule has 0 aromatic heterocycles. The summed E-state index contributed by atoms with van der Waals surface area (Å²) < 4.78 is 36.5. The Morgan fingerprint density at radius 2 is 1.42 bits per heavy atom. The Kier molecular flexibility index (Phi) is 5.45. The number of anilines is 1. The van der Waals surface area contributed by atoms with Gasteiger partial charge in [0.1, 0.15) is 5.82 Å². The topological polar surface area (TPSA) is 116 Å². The maximum absolute atomic E-state index is 12.8. The molecule has 2 amide bonds. The first-order chi connectivity index (χ1) is 11.4. The second kappa shape index (κ2) is 7.53. The van der Waals surface area contributed by atoms with Gasteiger partial charge in [0.05, 0.1) is 10.6 Å². The number of carbonyl (C=O) groups is 2. The van der Waals surface area contributed by atoms with Crippen molar-refractivity contribution in [2.45, 2.75) is 4.90 Å².